The van der Waals surface area contributed by atoms with Crippen LogP contribution in [0.2, 0.25) is 0 Å². The van der Waals surface area contributed by atoms with Crippen LogP contribution < -0.4 is 10.5 Å². The van der Waals surface area contributed by atoms with Gasteiger partial charge in [-0.05, 0) is 37.9 Å². The van der Waals surface area contributed by atoms with Crippen LogP contribution >= 0.6 is 0 Å². The number of likely N-dealkylation sites (tertiary alicyclic amines) is 1. The largest absolute Gasteiger partial charge is 0.391 e. The molecule has 152 valence electrons. The van der Waals surface area contributed by atoms with E-state index >= 15 is 0 Å². The summed E-state index contributed by atoms with van der Waals surface area (Å²) in [5.41, 5.74) is 2.85. The molecule has 29 heavy (non-hydrogen) atoms. The van der Waals surface area contributed by atoms with Gasteiger partial charge in [0.05, 0.1) is 35.9 Å². The van der Waals surface area contributed by atoms with E-state index in [1.165, 1.54) is 0 Å². The molecule has 0 spiro atoms. The number of fused-ring (bicyclic) bond motifs is 1. The molecule has 5 rings (SSSR count). The Morgan fingerprint density at radius 3 is 2.90 bits per heavy atom. The fourth-order valence-electron chi connectivity index (χ4n) is 4.54. The summed E-state index contributed by atoms with van der Waals surface area (Å²) < 4.78 is 3.75. The van der Waals surface area contributed by atoms with Crippen LogP contribution in [-0.2, 0) is 6.54 Å². The summed E-state index contributed by atoms with van der Waals surface area (Å²) in [5.74, 6) is 0. The van der Waals surface area contributed by atoms with Gasteiger partial charge in [-0.15, -0.1) is 0 Å². The molecule has 2 saturated heterocycles. The van der Waals surface area contributed by atoms with Crippen molar-refractivity contribution in [1.82, 2.24) is 24.1 Å². The molecule has 2 aliphatic rings. The summed E-state index contributed by atoms with van der Waals surface area (Å²) in [6.45, 7) is 3.95. The van der Waals surface area contributed by atoms with Crippen LogP contribution in [0.1, 0.15) is 31.0 Å². The number of hydrogen-bond acceptors (Lipinski definition) is 6. The fraction of sp³-hybridized carbons (Fsp3) is 0.476. The lowest BCUT2D eigenvalue weighted by molar-refractivity contribution is 0.158. The number of aliphatic hydroxyl groups excluding tert-OH is 1. The molecule has 0 bridgehead atoms. The van der Waals surface area contributed by atoms with E-state index in [9.17, 15) is 9.90 Å². The van der Waals surface area contributed by atoms with Crippen molar-refractivity contribution in [3.63, 3.8) is 0 Å². The van der Waals surface area contributed by atoms with Crippen LogP contribution in [0.3, 0.4) is 0 Å². The van der Waals surface area contributed by atoms with Crippen molar-refractivity contribution in [1.29, 1.82) is 0 Å². The van der Waals surface area contributed by atoms with E-state index in [1.54, 1.807) is 16.9 Å². The number of piperidine rings is 1. The number of β-amino-alcohol motifs (C(OH)–C–C–N with tert-alkyl or cyclic N) is 1. The number of hydrogen-bond donors (Lipinski definition) is 1. The fourth-order valence-corrected chi connectivity index (χ4v) is 4.54. The van der Waals surface area contributed by atoms with Crippen molar-refractivity contribution >= 4 is 11.3 Å². The molecule has 0 aliphatic carbocycles. The second-order valence-corrected chi connectivity index (χ2v) is 8.09. The van der Waals surface area contributed by atoms with Crippen molar-refractivity contribution in [2.75, 3.05) is 31.1 Å². The zero-order valence-electron chi connectivity index (χ0n) is 16.4. The molecule has 0 unspecified atom stereocenters. The number of aliphatic hydroxyl groups is 1. The van der Waals surface area contributed by atoms with Gasteiger partial charge in [-0.2, -0.15) is 5.10 Å². The number of rotatable bonds is 4. The highest BCUT2D eigenvalue weighted by Crippen LogP contribution is 2.23. The Bertz CT molecular complexity index is 1060. The molecular weight excluding hydrogens is 368 g/mol. The van der Waals surface area contributed by atoms with Crippen molar-refractivity contribution in [3.8, 4) is 0 Å². The monoisotopic (exact) mass is 394 g/mol. The first-order valence-electron chi connectivity index (χ1n) is 10.3. The first-order valence-corrected chi connectivity index (χ1v) is 10.3. The lowest BCUT2D eigenvalue weighted by Crippen LogP contribution is -2.40. The highest BCUT2D eigenvalue weighted by atomic mass is 16.3. The Hall–Kier alpha value is -2.71. The quantitative estimate of drug-likeness (QED) is 0.719. The molecule has 2 aliphatic heterocycles. The predicted octanol–water partition coefficient (Wildman–Crippen LogP) is 1.30. The molecular formula is C21H26N6O2. The minimum absolute atomic E-state index is 0.0643. The Morgan fingerprint density at radius 2 is 2.07 bits per heavy atom. The van der Waals surface area contributed by atoms with Crippen LogP contribution in [0, 0.1) is 0 Å². The van der Waals surface area contributed by atoms with Gasteiger partial charge in [0.2, 0.25) is 0 Å². The third-order valence-corrected chi connectivity index (χ3v) is 6.05. The molecule has 2 atom stereocenters. The molecule has 0 amide bonds. The van der Waals surface area contributed by atoms with E-state index in [0.29, 0.717) is 6.54 Å². The smallest absolute Gasteiger partial charge is 0.269 e. The summed E-state index contributed by atoms with van der Waals surface area (Å²) in [5, 5.41) is 14.2. The minimum atomic E-state index is -0.316. The van der Waals surface area contributed by atoms with Crippen molar-refractivity contribution in [2.45, 2.75) is 38.0 Å². The van der Waals surface area contributed by atoms with Crippen LogP contribution in [-0.4, -0.2) is 61.5 Å². The molecule has 0 aromatic carbocycles. The zero-order chi connectivity index (χ0) is 19.8. The molecule has 8 nitrogen and oxygen atoms in total. The van der Waals surface area contributed by atoms with Gasteiger partial charge in [0.25, 0.3) is 5.56 Å². The molecule has 0 radical (unpaired) electrons. The van der Waals surface area contributed by atoms with E-state index in [0.717, 1.165) is 62.5 Å². The third kappa shape index (κ3) is 3.65. The van der Waals surface area contributed by atoms with E-state index < -0.39 is 0 Å². The van der Waals surface area contributed by atoms with Gasteiger partial charge in [-0.25, -0.2) is 9.67 Å². The van der Waals surface area contributed by atoms with Crippen LogP contribution in [0.25, 0.3) is 5.65 Å². The number of anilines is 1. The average molecular weight is 394 g/mol. The standard InChI is InChI=1S/C21H26N6O2/c28-19-6-9-25(15-19)17-10-21(29)27(23-12-17)16-4-3-7-24(13-16)14-18-11-22-20-5-1-2-8-26(18)20/h1-2,5,8,10-12,16,19,28H,3-4,6-7,9,13-15H2/t16-,19-/m0/s1. The van der Waals surface area contributed by atoms with Gasteiger partial charge in [0, 0.05) is 38.4 Å². The number of aromatic nitrogens is 4. The molecule has 5 heterocycles. The lowest BCUT2D eigenvalue weighted by Gasteiger charge is -2.33. The summed E-state index contributed by atoms with van der Waals surface area (Å²) in [7, 11) is 0. The normalized spacial score (nSPS) is 23.1. The molecule has 3 aromatic rings. The van der Waals surface area contributed by atoms with Crippen LogP contribution in [0.5, 0.6) is 0 Å². The molecule has 2 fully saturated rings. The van der Waals surface area contributed by atoms with Gasteiger partial charge in [-0.3, -0.25) is 9.69 Å². The Balaban J connectivity index is 1.31. The number of imidazole rings is 1. The summed E-state index contributed by atoms with van der Waals surface area (Å²) in [4.78, 5) is 21.6. The molecule has 0 saturated carbocycles. The number of pyridine rings is 1. The Morgan fingerprint density at radius 1 is 1.14 bits per heavy atom. The molecule has 8 heteroatoms. The van der Waals surface area contributed by atoms with E-state index in [-0.39, 0.29) is 17.7 Å². The van der Waals surface area contributed by atoms with Gasteiger partial charge in [0.15, 0.2) is 0 Å². The average Bonchev–Trinajstić information content (AvgIpc) is 3.35. The first-order chi connectivity index (χ1) is 14.2. The minimum Gasteiger partial charge on any atom is -0.391 e. The van der Waals surface area contributed by atoms with Crippen molar-refractivity contribution in [2.24, 2.45) is 0 Å². The van der Waals surface area contributed by atoms with Crippen molar-refractivity contribution in [3.05, 3.63) is 58.9 Å². The first kappa shape index (κ1) is 18.3. The third-order valence-electron chi connectivity index (χ3n) is 6.05. The van der Waals surface area contributed by atoms with Crippen molar-refractivity contribution < 1.29 is 5.11 Å². The van der Waals surface area contributed by atoms with Gasteiger partial charge in [-0.1, -0.05) is 6.07 Å². The van der Waals surface area contributed by atoms with Gasteiger partial charge >= 0.3 is 0 Å². The van der Waals surface area contributed by atoms with Crippen LogP contribution in [0.15, 0.2) is 47.7 Å². The zero-order valence-corrected chi connectivity index (χ0v) is 16.4. The Kier molecular flexibility index (Phi) is 4.81. The second-order valence-electron chi connectivity index (χ2n) is 8.09. The van der Waals surface area contributed by atoms with E-state index in [4.69, 9.17) is 0 Å². The maximum absolute atomic E-state index is 12.8. The topological polar surface area (TPSA) is 78.9 Å². The lowest BCUT2D eigenvalue weighted by atomic mass is 10.1. The molecule has 3 aromatic heterocycles. The second kappa shape index (κ2) is 7.61. The molecule has 1 N–H and O–H groups in total. The van der Waals surface area contributed by atoms with E-state index in [1.807, 2.05) is 35.5 Å². The maximum atomic E-state index is 12.8. The number of nitrogens with zero attached hydrogens (tertiary/aromatic N) is 6. The SMILES string of the molecule is O=c1cc(N2CC[C@H](O)C2)cnn1[C@H]1CCCN(Cc2cnc3ccccn23)C1. The van der Waals surface area contributed by atoms with E-state index in [2.05, 4.69) is 19.4 Å². The summed E-state index contributed by atoms with van der Waals surface area (Å²) in [6.07, 6.45) is 8.16. The predicted molar refractivity (Wildman–Crippen MR) is 110 cm³/mol. The van der Waals surface area contributed by atoms with Gasteiger partial charge in [0.1, 0.15) is 5.65 Å². The summed E-state index contributed by atoms with van der Waals surface area (Å²) >= 11 is 0. The maximum Gasteiger partial charge on any atom is 0.269 e. The van der Waals surface area contributed by atoms with Gasteiger partial charge < -0.3 is 14.4 Å². The van der Waals surface area contributed by atoms with Crippen LogP contribution in [0.4, 0.5) is 5.69 Å². The highest BCUT2D eigenvalue weighted by Gasteiger charge is 2.25. The summed E-state index contributed by atoms with van der Waals surface area (Å²) in [6, 6.07) is 7.75. The highest BCUT2D eigenvalue weighted by molar-refractivity contribution is 5.44. The Labute approximate surface area is 169 Å².